The first kappa shape index (κ1) is 29.9. The molecule has 0 spiro atoms. The Labute approximate surface area is 221 Å². The normalized spacial score (nSPS) is 25.1. The molecule has 0 amide bonds. The van der Waals surface area contributed by atoms with Crippen molar-refractivity contribution in [2.75, 3.05) is 20.8 Å². The van der Waals surface area contributed by atoms with Crippen molar-refractivity contribution in [3.05, 3.63) is 47.5 Å². The predicted octanol–water partition coefficient (Wildman–Crippen LogP) is 0.616. The smallest absolute Gasteiger partial charge is 0.186 e. The highest BCUT2D eigenvalue weighted by atomic mass is 16.7. The Balaban J connectivity index is 1.69. The Morgan fingerprint density at radius 2 is 1.37 bits per heavy atom. The van der Waals surface area contributed by atoms with Crippen LogP contribution in [-0.2, 0) is 22.3 Å². The summed E-state index contributed by atoms with van der Waals surface area (Å²) in [6.07, 6.45) is -6.66. The molecular weight excluding hydrogens is 500 g/mol. The number of benzene rings is 2. The van der Waals surface area contributed by atoms with Crippen LogP contribution in [0.25, 0.3) is 0 Å². The lowest BCUT2D eigenvalue weighted by molar-refractivity contribution is -0.313. The third-order valence-electron chi connectivity index (χ3n) is 6.72. The Morgan fingerprint density at radius 1 is 0.816 bits per heavy atom. The van der Waals surface area contributed by atoms with Gasteiger partial charge < -0.3 is 54.7 Å². The van der Waals surface area contributed by atoms with Crippen LogP contribution in [0.3, 0.4) is 0 Å². The topological polar surface area (TPSA) is 179 Å². The van der Waals surface area contributed by atoms with Crippen molar-refractivity contribution in [1.29, 1.82) is 0 Å². The fourth-order valence-corrected chi connectivity index (χ4v) is 4.45. The third kappa shape index (κ3) is 7.70. The van der Waals surface area contributed by atoms with E-state index >= 15 is 0 Å². The molecule has 1 fully saturated rings. The summed E-state index contributed by atoms with van der Waals surface area (Å²) in [5.41, 5.74) is 1.70. The van der Waals surface area contributed by atoms with Crippen LogP contribution >= 0.6 is 0 Å². The Bertz CT molecular complexity index is 1010. The van der Waals surface area contributed by atoms with E-state index in [1.54, 1.807) is 24.3 Å². The first-order valence-corrected chi connectivity index (χ1v) is 12.5. The van der Waals surface area contributed by atoms with Gasteiger partial charge in [0.1, 0.15) is 24.4 Å². The summed E-state index contributed by atoms with van der Waals surface area (Å²) in [5, 5.41) is 70.6. The zero-order valence-corrected chi connectivity index (χ0v) is 21.5. The summed E-state index contributed by atoms with van der Waals surface area (Å²) in [5.74, 6) is 0.686. The maximum absolute atomic E-state index is 10.8. The predicted molar refractivity (Wildman–Crippen MR) is 135 cm³/mol. The highest BCUT2D eigenvalue weighted by molar-refractivity contribution is 5.42. The highest BCUT2D eigenvalue weighted by Crippen LogP contribution is 2.30. The number of rotatable bonds is 13. The molecular formula is C27H38O11. The monoisotopic (exact) mass is 538 g/mol. The Morgan fingerprint density at radius 3 is 1.89 bits per heavy atom. The molecule has 38 heavy (non-hydrogen) atoms. The van der Waals surface area contributed by atoms with Gasteiger partial charge in [0, 0.05) is 0 Å². The third-order valence-corrected chi connectivity index (χ3v) is 6.72. The molecule has 0 aromatic heterocycles. The fraction of sp³-hybridized carbons (Fsp3) is 0.556. The van der Waals surface area contributed by atoms with Gasteiger partial charge in [-0.25, -0.2) is 0 Å². The minimum absolute atomic E-state index is 0.00616. The lowest BCUT2D eigenvalue weighted by Gasteiger charge is -2.41. The van der Waals surface area contributed by atoms with E-state index in [9.17, 15) is 35.7 Å². The molecule has 2 aromatic rings. The van der Waals surface area contributed by atoms with Gasteiger partial charge >= 0.3 is 0 Å². The van der Waals surface area contributed by atoms with Gasteiger partial charge in [-0.15, -0.1) is 0 Å². The summed E-state index contributed by atoms with van der Waals surface area (Å²) in [7, 11) is 2.91. The number of aryl methyl sites for hydroxylation is 2. The summed E-state index contributed by atoms with van der Waals surface area (Å²) in [4.78, 5) is 0. The molecule has 0 aliphatic carbocycles. The van der Waals surface area contributed by atoms with Crippen molar-refractivity contribution < 1.29 is 54.7 Å². The van der Waals surface area contributed by atoms with E-state index in [2.05, 4.69) is 0 Å². The second kappa shape index (κ2) is 13.9. The molecule has 3 rings (SSSR count). The standard InChI is InChI=1S/C27H38O11/c1-35-21-11-15(5-9-19(21)30)3-7-17(29)13-18(8-4-16-6-10-20(31)22(12-16)36-2)37-27-26(34)25(33)24(32)23(14-28)38-27/h5-6,9-12,17-18,23-34H,3-4,7-8,13-14H2,1-2H3/t17-,18-,23+,24-,25+,26+,27-/m1/s1. The molecule has 11 nitrogen and oxygen atoms in total. The number of aromatic hydroxyl groups is 2. The first-order chi connectivity index (χ1) is 18.2. The summed E-state index contributed by atoms with van der Waals surface area (Å²) in [6, 6.07) is 9.90. The maximum atomic E-state index is 10.8. The molecule has 1 saturated heterocycles. The van der Waals surface area contributed by atoms with Gasteiger partial charge in [0.15, 0.2) is 29.3 Å². The number of hydrogen-bond donors (Lipinski definition) is 7. The molecule has 11 heteroatoms. The van der Waals surface area contributed by atoms with Crippen LogP contribution in [0.5, 0.6) is 23.0 Å². The maximum Gasteiger partial charge on any atom is 0.186 e. The van der Waals surface area contributed by atoms with E-state index in [4.69, 9.17) is 18.9 Å². The number of phenols is 2. The lowest BCUT2D eigenvalue weighted by Crippen LogP contribution is -2.59. The number of aliphatic hydroxyl groups is 5. The molecule has 0 radical (unpaired) electrons. The van der Waals surface area contributed by atoms with E-state index in [1.165, 1.54) is 26.4 Å². The molecule has 1 aliphatic rings. The molecule has 1 heterocycles. The minimum atomic E-state index is -1.58. The Hall–Kier alpha value is -2.64. The zero-order valence-electron chi connectivity index (χ0n) is 21.5. The molecule has 7 atom stereocenters. The average molecular weight is 539 g/mol. The number of ether oxygens (including phenoxy) is 4. The number of aliphatic hydroxyl groups excluding tert-OH is 5. The number of hydrogen-bond acceptors (Lipinski definition) is 11. The minimum Gasteiger partial charge on any atom is -0.504 e. The van der Waals surface area contributed by atoms with Crippen molar-refractivity contribution in [2.45, 2.75) is 75.0 Å². The quantitative estimate of drug-likeness (QED) is 0.190. The van der Waals surface area contributed by atoms with Crippen LogP contribution in [-0.4, -0.2) is 99.5 Å². The second-order valence-corrected chi connectivity index (χ2v) is 9.43. The van der Waals surface area contributed by atoms with Crippen molar-refractivity contribution >= 4 is 0 Å². The average Bonchev–Trinajstić information content (AvgIpc) is 2.92. The molecule has 0 unspecified atom stereocenters. The van der Waals surface area contributed by atoms with Crippen LogP contribution in [0.15, 0.2) is 36.4 Å². The van der Waals surface area contributed by atoms with E-state index in [1.807, 2.05) is 0 Å². The van der Waals surface area contributed by atoms with E-state index in [0.29, 0.717) is 37.2 Å². The molecule has 1 aliphatic heterocycles. The fourth-order valence-electron chi connectivity index (χ4n) is 4.45. The lowest BCUT2D eigenvalue weighted by atomic mass is 9.97. The van der Waals surface area contributed by atoms with Gasteiger partial charge in [0.2, 0.25) is 0 Å². The first-order valence-electron chi connectivity index (χ1n) is 12.5. The van der Waals surface area contributed by atoms with E-state index in [-0.39, 0.29) is 17.9 Å². The second-order valence-electron chi connectivity index (χ2n) is 9.43. The molecule has 0 bridgehead atoms. The Kier molecular flexibility index (Phi) is 11.0. The molecule has 2 aromatic carbocycles. The van der Waals surface area contributed by atoms with Crippen LogP contribution in [0.2, 0.25) is 0 Å². The molecule has 7 N–H and O–H groups in total. The summed E-state index contributed by atoms with van der Waals surface area (Å²) >= 11 is 0. The number of methoxy groups -OCH3 is 2. The van der Waals surface area contributed by atoms with Crippen molar-refractivity contribution in [3.63, 3.8) is 0 Å². The van der Waals surface area contributed by atoms with Gasteiger partial charge in [-0.1, -0.05) is 12.1 Å². The summed E-state index contributed by atoms with van der Waals surface area (Å²) < 4.78 is 21.8. The van der Waals surface area contributed by atoms with E-state index < -0.39 is 49.5 Å². The number of phenolic OH excluding ortho intramolecular Hbond substituents is 2. The van der Waals surface area contributed by atoms with Gasteiger partial charge in [-0.3, -0.25) is 0 Å². The largest absolute Gasteiger partial charge is 0.504 e. The van der Waals surface area contributed by atoms with Gasteiger partial charge in [0.05, 0.1) is 33.0 Å². The zero-order chi connectivity index (χ0) is 27.8. The van der Waals surface area contributed by atoms with Crippen LogP contribution in [0, 0.1) is 0 Å². The molecule has 0 saturated carbocycles. The van der Waals surface area contributed by atoms with Crippen LogP contribution in [0.4, 0.5) is 0 Å². The van der Waals surface area contributed by atoms with Crippen molar-refractivity contribution in [3.8, 4) is 23.0 Å². The van der Waals surface area contributed by atoms with Crippen molar-refractivity contribution in [2.24, 2.45) is 0 Å². The van der Waals surface area contributed by atoms with Gasteiger partial charge in [-0.05, 0) is 67.5 Å². The van der Waals surface area contributed by atoms with E-state index in [0.717, 1.165) is 11.1 Å². The van der Waals surface area contributed by atoms with Crippen molar-refractivity contribution in [1.82, 2.24) is 0 Å². The van der Waals surface area contributed by atoms with Gasteiger partial charge in [-0.2, -0.15) is 0 Å². The van der Waals surface area contributed by atoms with Crippen LogP contribution < -0.4 is 9.47 Å². The van der Waals surface area contributed by atoms with Gasteiger partial charge in [0.25, 0.3) is 0 Å². The molecule has 212 valence electrons. The highest BCUT2D eigenvalue weighted by Gasteiger charge is 2.44. The van der Waals surface area contributed by atoms with Crippen LogP contribution in [0.1, 0.15) is 30.4 Å². The summed E-state index contributed by atoms with van der Waals surface area (Å²) in [6.45, 7) is -0.582. The SMILES string of the molecule is COc1cc(CC[C@@H](O)C[C@@H](CCc2ccc(O)c(OC)c2)O[C@@H]2O[C@@H](CO)[C@@H](O)[C@H](O)[C@@H]2O)ccc1O.